The fourth-order valence-corrected chi connectivity index (χ4v) is 11.6. The van der Waals surface area contributed by atoms with Crippen LogP contribution in [0, 0.1) is 0 Å². The molecule has 0 aliphatic carbocycles. The van der Waals surface area contributed by atoms with E-state index in [1.807, 2.05) is 18.2 Å². The van der Waals surface area contributed by atoms with E-state index >= 15 is 0 Å². The smallest absolute Gasteiger partial charge is 0.462 e. The van der Waals surface area contributed by atoms with Crippen molar-refractivity contribution >= 4 is 39.5 Å². The van der Waals surface area contributed by atoms with Crippen LogP contribution >= 0.6 is 15.6 Å². The molecule has 0 heterocycles. The number of aliphatic hydroxyl groups is 1. The highest BCUT2D eigenvalue weighted by Crippen LogP contribution is 2.45. The number of allylic oxidation sites excluding steroid dienone is 25. The Kier molecular flexibility index (Phi) is 72.0. The Morgan fingerprint density at radius 1 is 0.288 bits per heavy atom. The van der Waals surface area contributed by atoms with Crippen molar-refractivity contribution in [3.05, 3.63) is 158 Å². The molecule has 0 aromatic heterocycles. The van der Waals surface area contributed by atoms with E-state index in [2.05, 4.69) is 161 Å². The first-order valence-corrected chi connectivity index (χ1v) is 42.7. The minimum atomic E-state index is -5.01. The van der Waals surface area contributed by atoms with Crippen molar-refractivity contribution in [3.8, 4) is 0 Å². The fraction of sp³-hybridized carbons (Fsp3) is 0.647. The lowest BCUT2D eigenvalue weighted by Gasteiger charge is -2.21. The number of esters is 4. The van der Waals surface area contributed by atoms with E-state index in [1.54, 1.807) is 6.08 Å². The first-order chi connectivity index (χ1) is 50.7. The van der Waals surface area contributed by atoms with Gasteiger partial charge in [-0.2, -0.15) is 0 Å². The largest absolute Gasteiger partial charge is 0.472 e. The van der Waals surface area contributed by atoms with Gasteiger partial charge in [-0.25, -0.2) is 9.13 Å². The number of ether oxygens (including phenoxy) is 4. The molecule has 19 heteroatoms. The number of unbranched alkanes of at least 4 members (excludes halogenated alkanes) is 22. The van der Waals surface area contributed by atoms with Gasteiger partial charge in [0.25, 0.3) is 0 Å². The number of hydrogen-bond acceptors (Lipinski definition) is 15. The van der Waals surface area contributed by atoms with Crippen molar-refractivity contribution in [2.75, 3.05) is 39.6 Å². The molecule has 0 fully saturated rings. The summed E-state index contributed by atoms with van der Waals surface area (Å²) in [6.45, 7) is 4.37. The minimum absolute atomic E-state index is 0.0509. The van der Waals surface area contributed by atoms with Crippen LogP contribution in [0.15, 0.2) is 158 Å². The summed E-state index contributed by atoms with van der Waals surface area (Å²) < 4.78 is 68.5. The van der Waals surface area contributed by atoms with E-state index in [1.165, 1.54) is 38.5 Å². The summed E-state index contributed by atoms with van der Waals surface area (Å²) >= 11 is 0. The van der Waals surface area contributed by atoms with E-state index in [-0.39, 0.29) is 25.7 Å². The van der Waals surface area contributed by atoms with E-state index < -0.39 is 97.5 Å². The standard InChI is InChI=1S/C85H140O17P2/c1-5-9-13-17-21-25-29-33-37-38-39-40-44-46-50-54-58-62-66-70-83(88)96-76-81(102-85(90)72-68-64-60-56-52-48-43-36-32-28-24-20-16-12-8-4)78-100-104(93,94)98-74-79(86)73-97-103(91,92)99-77-80(101-84(89)71-67-63-59-55-51-47-42-35-31-27-23-19-15-11-7-3)75-95-82(87)69-65-61-57-53-49-45-41-34-30-26-22-18-14-10-6-2/h9-11,13-15,21-23,25-27,33-37,39-43,49,53,61,65,79-81,86H,5-8,12,16-20,24,28-32,38,44-48,50-52,54-60,62-64,66-78H2,1-4H3,(H,91,92)(H,93,94)/b13-9-,14-10-,15-11-,25-21-,26-22-,27-23-,37-33-,40-39-,41-34-,42-35-,43-36-,53-49-,65-61-. The second-order valence-electron chi connectivity index (χ2n) is 25.9. The van der Waals surface area contributed by atoms with Gasteiger partial charge in [0.2, 0.25) is 0 Å². The molecule has 0 saturated heterocycles. The average Bonchev–Trinajstić information content (AvgIpc) is 0.912. The summed E-state index contributed by atoms with van der Waals surface area (Å²) in [7, 11) is -10.0. The van der Waals surface area contributed by atoms with Crippen LogP contribution in [-0.4, -0.2) is 96.7 Å². The van der Waals surface area contributed by atoms with Gasteiger partial charge in [-0.3, -0.25) is 37.3 Å². The van der Waals surface area contributed by atoms with Crippen LogP contribution in [-0.2, 0) is 65.4 Å². The SMILES string of the molecule is CC/C=C\C/C=C\C/C=C\C/C=C\C/C=C\CC(=O)OCC(COP(=O)(O)OCC(O)COP(=O)(O)OCC(COC(=O)CCCCCCCC/C=C\C/C=C\C/C=C\C/C=C\CC)OC(=O)CCCCCCC/C=C\CCCCCCCC)OC(=O)CCCCCCC/C=C\C/C=C\C/C=C\CC. The van der Waals surface area contributed by atoms with Crippen molar-refractivity contribution in [3.63, 3.8) is 0 Å². The molecule has 0 amide bonds. The van der Waals surface area contributed by atoms with Crippen LogP contribution in [0.2, 0.25) is 0 Å². The monoisotopic (exact) mass is 1490 g/mol. The molecule has 0 bridgehead atoms. The first-order valence-electron chi connectivity index (χ1n) is 39.7. The zero-order valence-corrected chi connectivity index (χ0v) is 66.4. The molecule has 5 atom stereocenters. The lowest BCUT2D eigenvalue weighted by Crippen LogP contribution is -2.30. The third-order valence-electron chi connectivity index (χ3n) is 16.0. The number of phosphoric acid groups is 2. The lowest BCUT2D eigenvalue weighted by atomic mass is 10.1. The molecule has 0 aromatic carbocycles. The topological polar surface area (TPSA) is 237 Å². The molecule has 0 saturated carbocycles. The molecular formula is C85H140O17P2. The average molecular weight is 1500 g/mol. The predicted molar refractivity (Wildman–Crippen MR) is 427 cm³/mol. The third-order valence-corrected chi connectivity index (χ3v) is 17.9. The molecule has 5 unspecified atom stereocenters. The molecule has 3 N–H and O–H groups in total. The van der Waals surface area contributed by atoms with Crippen molar-refractivity contribution in [2.45, 2.75) is 316 Å². The van der Waals surface area contributed by atoms with Gasteiger partial charge in [-0.15, -0.1) is 0 Å². The zero-order valence-electron chi connectivity index (χ0n) is 64.6. The number of aliphatic hydroxyl groups excluding tert-OH is 1. The molecule has 0 aliphatic rings. The summed E-state index contributed by atoms with van der Waals surface area (Å²) in [6, 6.07) is 0. The Hall–Kier alpha value is -5.32. The Morgan fingerprint density at radius 3 is 0.865 bits per heavy atom. The summed E-state index contributed by atoms with van der Waals surface area (Å²) in [5.74, 6) is -2.37. The van der Waals surface area contributed by atoms with Crippen molar-refractivity contribution in [2.24, 2.45) is 0 Å². The second kappa shape index (κ2) is 75.9. The number of carbonyl (C=O) groups excluding carboxylic acids is 4. The van der Waals surface area contributed by atoms with Crippen LogP contribution in [0.5, 0.6) is 0 Å². The minimum Gasteiger partial charge on any atom is -0.462 e. The van der Waals surface area contributed by atoms with Crippen molar-refractivity contribution in [1.29, 1.82) is 0 Å². The molecule has 104 heavy (non-hydrogen) atoms. The van der Waals surface area contributed by atoms with E-state index in [0.717, 1.165) is 180 Å². The molecule has 592 valence electrons. The summed E-state index contributed by atoms with van der Waals surface area (Å²) in [4.78, 5) is 73.0. The second-order valence-corrected chi connectivity index (χ2v) is 28.8. The predicted octanol–water partition coefficient (Wildman–Crippen LogP) is 23.2. The Labute approximate surface area is 629 Å². The number of phosphoric ester groups is 2. The third kappa shape index (κ3) is 74.9. The number of rotatable bonds is 73. The first kappa shape index (κ1) is 98.7. The maximum Gasteiger partial charge on any atom is 0.472 e. The maximum absolute atomic E-state index is 13.1. The summed E-state index contributed by atoms with van der Waals surface area (Å²) in [5, 5.41) is 10.6. The number of hydrogen-bond donors (Lipinski definition) is 3. The summed E-state index contributed by atoms with van der Waals surface area (Å²) in [5.41, 5.74) is 0. The Morgan fingerprint density at radius 2 is 0.538 bits per heavy atom. The fourth-order valence-electron chi connectivity index (χ4n) is 10.1. The van der Waals surface area contributed by atoms with Gasteiger partial charge in [0.1, 0.15) is 19.3 Å². The lowest BCUT2D eigenvalue weighted by molar-refractivity contribution is -0.161. The molecule has 0 aliphatic heterocycles. The Bertz CT molecular complexity index is 2590. The van der Waals surface area contributed by atoms with Crippen LogP contribution in [0.3, 0.4) is 0 Å². The zero-order chi connectivity index (χ0) is 76.0. The van der Waals surface area contributed by atoms with Crippen LogP contribution in [0.25, 0.3) is 0 Å². The molecule has 0 radical (unpaired) electrons. The molecular weight excluding hydrogens is 1350 g/mol. The van der Waals surface area contributed by atoms with Crippen molar-refractivity contribution < 1.29 is 80.2 Å². The van der Waals surface area contributed by atoms with Crippen LogP contribution in [0.1, 0.15) is 297 Å². The van der Waals surface area contributed by atoms with Crippen molar-refractivity contribution in [1.82, 2.24) is 0 Å². The van der Waals surface area contributed by atoms with Gasteiger partial charge in [-0.05, 0) is 148 Å². The van der Waals surface area contributed by atoms with Crippen LogP contribution in [0.4, 0.5) is 0 Å². The van der Waals surface area contributed by atoms with Gasteiger partial charge in [-0.1, -0.05) is 282 Å². The van der Waals surface area contributed by atoms with Gasteiger partial charge in [0.05, 0.1) is 32.8 Å². The quantitative estimate of drug-likeness (QED) is 0.0169. The number of carbonyl (C=O) groups is 4. The van der Waals surface area contributed by atoms with E-state index in [0.29, 0.717) is 25.7 Å². The van der Waals surface area contributed by atoms with Gasteiger partial charge in [0, 0.05) is 19.3 Å². The Balaban J connectivity index is 5.46. The molecule has 0 rings (SSSR count). The van der Waals surface area contributed by atoms with Gasteiger partial charge < -0.3 is 33.8 Å². The highest BCUT2D eigenvalue weighted by atomic mass is 31.2. The highest BCUT2D eigenvalue weighted by Gasteiger charge is 2.30. The normalized spacial score (nSPS) is 14.7. The van der Waals surface area contributed by atoms with E-state index in [4.69, 9.17) is 37.0 Å². The maximum atomic E-state index is 13.1. The van der Waals surface area contributed by atoms with E-state index in [9.17, 15) is 43.2 Å². The van der Waals surface area contributed by atoms with Gasteiger partial charge >= 0.3 is 39.5 Å². The molecule has 17 nitrogen and oxygen atoms in total. The highest BCUT2D eigenvalue weighted by molar-refractivity contribution is 7.47. The van der Waals surface area contributed by atoms with Crippen LogP contribution < -0.4 is 0 Å². The summed E-state index contributed by atoms with van der Waals surface area (Å²) in [6.07, 6.45) is 88.2. The molecule has 0 aromatic rings. The van der Waals surface area contributed by atoms with Gasteiger partial charge in [0.15, 0.2) is 12.2 Å². The molecule has 0 spiro atoms.